The van der Waals surface area contributed by atoms with Crippen molar-refractivity contribution in [2.75, 3.05) is 11.5 Å². The van der Waals surface area contributed by atoms with Crippen LogP contribution in [0.2, 0.25) is 18.1 Å². The van der Waals surface area contributed by atoms with Gasteiger partial charge in [0.15, 0.2) is 8.32 Å². The lowest BCUT2D eigenvalue weighted by Gasteiger charge is -2.36. The number of ether oxygens (including phenoxy) is 2. The highest BCUT2D eigenvalue weighted by atomic mass is 79.9. The van der Waals surface area contributed by atoms with Crippen molar-refractivity contribution in [3.8, 4) is 5.75 Å². The molecule has 2 atom stereocenters. The molecule has 1 aromatic rings. The Morgan fingerprint density at radius 2 is 2.12 bits per heavy atom. The number of cyclic esters (lactones) is 1. The van der Waals surface area contributed by atoms with Crippen LogP contribution in [0.1, 0.15) is 26.7 Å². The molecule has 5 nitrogen and oxygen atoms in total. The first kappa shape index (κ1) is 18.7. The molecule has 1 amide bonds. The molecule has 138 valence electrons. The number of benzene rings is 1. The molecule has 1 fully saturated rings. The predicted molar refractivity (Wildman–Crippen MR) is 99.1 cm³/mol. The molecule has 1 aromatic carbocycles. The largest absolute Gasteiger partial charge is 0.489 e. The molecule has 3 rings (SSSR count). The molecule has 8 heteroatoms. The van der Waals surface area contributed by atoms with Gasteiger partial charge in [-0.25, -0.2) is 9.18 Å². The molecule has 0 spiro atoms. The van der Waals surface area contributed by atoms with E-state index in [0.29, 0.717) is 28.9 Å². The number of hydrogen-bond donors (Lipinski definition) is 1. The molecule has 2 heterocycles. The van der Waals surface area contributed by atoms with Crippen LogP contribution in [0.4, 0.5) is 14.9 Å². The average Bonchev–Trinajstić information content (AvgIpc) is 2.82. The van der Waals surface area contributed by atoms with Crippen LogP contribution in [0.3, 0.4) is 0 Å². The van der Waals surface area contributed by atoms with Gasteiger partial charge in [-0.2, -0.15) is 0 Å². The Bertz CT molecular complexity index is 707. The molecule has 1 saturated heterocycles. The number of carbonyl (C=O) groups excluding carboxylic acids is 1. The van der Waals surface area contributed by atoms with Crippen molar-refractivity contribution in [3.63, 3.8) is 0 Å². The van der Waals surface area contributed by atoms with Crippen molar-refractivity contribution in [1.29, 1.82) is 0 Å². The van der Waals surface area contributed by atoms with Crippen molar-refractivity contribution in [2.24, 2.45) is 0 Å². The summed E-state index contributed by atoms with van der Waals surface area (Å²) in [6.07, 6.45) is 0.573. The van der Waals surface area contributed by atoms with E-state index in [1.165, 1.54) is 17.0 Å². The van der Waals surface area contributed by atoms with Gasteiger partial charge in [-0.15, -0.1) is 0 Å². The Labute approximate surface area is 156 Å². The monoisotopic (exact) mass is 431 g/mol. The van der Waals surface area contributed by atoms with E-state index in [4.69, 9.17) is 9.47 Å². The van der Waals surface area contributed by atoms with E-state index < -0.39 is 20.2 Å². The predicted octanol–water partition coefficient (Wildman–Crippen LogP) is 4.43. The first-order valence-corrected chi connectivity index (χ1v) is 12.1. The maximum atomic E-state index is 13.9. The quantitative estimate of drug-likeness (QED) is 0.716. The minimum atomic E-state index is -2.33. The summed E-state index contributed by atoms with van der Waals surface area (Å²) in [5.41, 5.74) is 0.403. The van der Waals surface area contributed by atoms with Gasteiger partial charge in [-0.05, 0) is 53.0 Å². The van der Waals surface area contributed by atoms with Crippen molar-refractivity contribution >= 4 is 36.0 Å². The summed E-state index contributed by atoms with van der Waals surface area (Å²) < 4.78 is 25.5. The zero-order valence-electron chi connectivity index (χ0n) is 14.8. The van der Waals surface area contributed by atoms with Crippen molar-refractivity contribution < 1.29 is 23.5 Å². The summed E-state index contributed by atoms with van der Waals surface area (Å²) in [6, 6.07) is 2.55. The van der Waals surface area contributed by atoms with Crippen LogP contribution in [0.5, 0.6) is 5.75 Å². The zero-order valence-corrected chi connectivity index (χ0v) is 17.4. The molecule has 0 aromatic heterocycles. The second-order valence-electron chi connectivity index (χ2n) is 7.89. The van der Waals surface area contributed by atoms with Gasteiger partial charge in [-0.3, -0.25) is 4.90 Å². The van der Waals surface area contributed by atoms with Crippen molar-refractivity contribution in [3.05, 3.63) is 22.4 Å². The molecule has 0 aliphatic carbocycles. The fraction of sp³-hybridized carbons (Fsp3) is 0.588. The summed E-state index contributed by atoms with van der Waals surface area (Å²) >= 11 is 3.13. The van der Waals surface area contributed by atoms with Gasteiger partial charge in [0.25, 0.3) is 0 Å². The molecule has 0 saturated carbocycles. The first-order chi connectivity index (χ1) is 11.5. The topological polar surface area (TPSA) is 59.0 Å². The maximum Gasteiger partial charge on any atom is 0.415 e. The van der Waals surface area contributed by atoms with Crippen LogP contribution in [-0.4, -0.2) is 38.0 Å². The lowest BCUT2D eigenvalue weighted by Crippen LogP contribution is -2.45. The van der Waals surface area contributed by atoms with E-state index in [0.717, 1.165) is 6.42 Å². The summed E-state index contributed by atoms with van der Waals surface area (Å²) in [4.78, 5) is 24.3. The average molecular weight is 432 g/mol. The fourth-order valence-corrected chi connectivity index (χ4v) is 4.16. The van der Waals surface area contributed by atoms with Gasteiger partial charge in [-0.1, -0.05) is 13.8 Å². The Morgan fingerprint density at radius 1 is 1.44 bits per heavy atom. The number of rotatable bonds is 4. The van der Waals surface area contributed by atoms with E-state index in [-0.39, 0.29) is 17.2 Å². The standard InChI is InChI=1S/C17H23BrFNO4Si/c1-17(2,25(3,4)22)6-5-14-13-9-23-15-7-10(18)11(19)8-12(15)20(13)16(21)24-14/h7-8,13-14,22H,5-6,9H2,1-4H3/t13-,14-/m0/s1. The molecular formula is C17H23BrFNO4Si. The smallest absolute Gasteiger partial charge is 0.415 e. The normalized spacial score (nSPS) is 23.0. The van der Waals surface area contributed by atoms with Crippen LogP contribution in [-0.2, 0) is 4.74 Å². The summed E-state index contributed by atoms with van der Waals surface area (Å²) in [7, 11) is -2.33. The van der Waals surface area contributed by atoms with E-state index in [9.17, 15) is 14.0 Å². The minimum absolute atomic E-state index is 0.197. The second kappa shape index (κ2) is 6.24. The lowest BCUT2D eigenvalue weighted by atomic mass is 9.98. The van der Waals surface area contributed by atoms with Crippen molar-refractivity contribution in [2.45, 2.75) is 57.0 Å². The molecule has 1 N–H and O–H groups in total. The highest BCUT2D eigenvalue weighted by Crippen LogP contribution is 2.45. The Hall–Kier alpha value is -1.12. The zero-order chi connectivity index (χ0) is 18.6. The fourth-order valence-electron chi connectivity index (χ4n) is 3.08. The Morgan fingerprint density at radius 3 is 2.76 bits per heavy atom. The van der Waals surface area contributed by atoms with E-state index in [1.807, 2.05) is 26.9 Å². The third-order valence-corrected chi connectivity index (χ3v) is 9.76. The molecule has 2 aliphatic heterocycles. The van der Waals surface area contributed by atoms with Crippen LogP contribution in [0.25, 0.3) is 0 Å². The third kappa shape index (κ3) is 3.31. The summed E-state index contributed by atoms with van der Waals surface area (Å²) in [5, 5.41) is -0.197. The number of amides is 1. The Kier molecular flexibility index (Phi) is 4.66. The number of hydrogen-bond acceptors (Lipinski definition) is 4. The number of anilines is 1. The van der Waals surface area contributed by atoms with Gasteiger partial charge >= 0.3 is 6.09 Å². The number of halogens is 2. The molecule has 0 unspecified atom stereocenters. The molecule has 0 radical (unpaired) electrons. The third-order valence-electron chi connectivity index (χ3n) is 5.59. The lowest BCUT2D eigenvalue weighted by molar-refractivity contribution is 0.111. The Balaban J connectivity index is 1.80. The highest BCUT2D eigenvalue weighted by Gasteiger charge is 2.48. The number of carbonyl (C=O) groups is 1. The highest BCUT2D eigenvalue weighted by molar-refractivity contribution is 9.10. The van der Waals surface area contributed by atoms with E-state index in [1.54, 1.807) is 0 Å². The maximum absolute atomic E-state index is 13.9. The van der Waals surface area contributed by atoms with Gasteiger partial charge in [0, 0.05) is 6.07 Å². The van der Waals surface area contributed by atoms with Gasteiger partial charge < -0.3 is 14.3 Å². The molecule has 0 bridgehead atoms. The van der Waals surface area contributed by atoms with Crippen LogP contribution in [0.15, 0.2) is 16.6 Å². The molecule has 25 heavy (non-hydrogen) atoms. The minimum Gasteiger partial charge on any atom is -0.489 e. The summed E-state index contributed by atoms with van der Waals surface area (Å²) in [5.74, 6) is 0.0137. The van der Waals surface area contributed by atoms with Crippen LogP contribution in [0, 0.1) is 5.82 Å². The van der Waals surface area contributed by atoms with E-state index in [2.05, 4.69) is 15.9 Å². The van der Waals surface area contributed by atoms with Gasteiger partial charge in [0.1, 0.15) is 30.3 Å². The van der Waals surface area contributed by atoms with Gasteiger partial charge in [0.2, 0.25) is 0 Å². The SMILES string of the molecule is CC(C)(CC[C@@H]1OC(=O)N2c3cc(F)c(Br)cc3OC[C@@H]12)[Si](C)(C)O. The van der Waals surface area contributed by atoms with Crippen LogP contribution < -0.4 is 9.64 Å². The van der Waals surface area contributed by atoms with Crippen molar-refractivity contribution in [1.82, 2.24) is 0 Å². The number of fused-ring (bicyclic) bond motifs is 3. The molecular weight excluding hydrogens is 409 g/mol. The summed E-state index contributed by atoms with van der Waals surface area (Å²) in [6.45, 7) is 8.24. The van der Waals surface area contributed by atoms with Crippen LogP contribution >= 0.6 is 15.9 Å². The number of nitrogens with zero attached hydrogens (tertiary/aromatic N) is 1. The van der Waals surface area contributed by atoms with E-state index >= 15 is 0 Å². The van der Waals surface area contributed by atoms with Gasteiger partial charge in [0.05, 0.1) is 10.2 Å². The first-order valence-electron chi connectivity index (χ1n) is 8.35. The molecule has 2 aliphatic rings. The second-order valence-corrected chi connectivity index (χ2v) is 13.2.